The van der Waals surface area contributed by atoms with E-state index in [-0.39, 0.29) is 0 Å². The second-order valence-electron chi connectivity index (χ2n) is 4.78. The van der Waals surface area contributed by atoms with E-state index in [2.05, 4.69) is 27.8 Å². The van der Waals surface area contributed by atoms with E-state index >= 15 is 0 Å². The molecule has 0 saturated heterocycles. The van der Waals surface area contributed by atoms with Crippen LogP contribution in [-0.4, -0.2) is 10.2 Å². The van der Waals surface area contributed by atoms with Gasteiger partial charge in [-0.15, -0.1) is 10.2 Å². The third-order valence-corrected chi connectivity index (χ3v) is 3.32. The summed E-state index contributed by atoms with van der Waals surface area (Å²) in [5.74, 6) is 6.15. The predicted molar refractivity (Wildman–Crippen MR) is 84.5 cm³/mol. The molecule has 104 valence electrons. The number of nitrogens with zero attached hydrogens (tertiary/aromatic N) is 2. The first-order valence-corrected chi connectivity index (χ1v) is 6.79. The Labute approximate surface area is 123 Å². The standard InChI is InChI=1S/C17H16N4/c18-19-17-15(11-13-7-3-1-4-8-13)12-16(20-21-17)14-9-5-2-6-10-14/h1-10,12H,11,18H2,(H,19,21). The number of nitrogen functional groups attached to an aromatic ring is 1. The van der Waals surface area contributed by atoms with Crippen molar-refractivity contribution in [2.45, 2.75) is 6.42 Å². The molecule has 0 aliphatic carbocycles. The van der Waals surface area contributed by atoms with Crippen molar-refractivity contribution in [1.82, 2.24) is 10.2 Å². The largest absolute Gasteiger partial charge is 0.307 e. The highest BCUT2D eigenvalue weighted by Crippen LogP contribution is 2.22. The molecule has 0 aliphatic rings. The minimum Gasteiger partial charge on any atom is -0.307 e. The minimum absolute atomic E-state index is 0.610. The van der Waals surface area contributed by atoms with Crippen LogP contribution in [0, 0.1) is 0 Å². The van der Waals surface area contributed by atoms with E-state index in [4.69, 9.17) is 5.84 Å². The first kappa shape index (κ1) is 13.3. The molecule has 0 radical (unpaired) electrons. The number of aromatic nitrogens is 2. The van der Waals surface area contributed by atoms with Crippen molar-refractivity contribution in [2.75, 3.05) is 5.43 Å². The highest BCUT2D eigenvalue weighted by Gasteiger charge is 2.08. The van der Waals surface area contributed by atoms with Crippen molar-refractivity contribution < 1.29 is 0 Å². The van der Waals surface area contributed by atoms with Gasteiger partial charge in [0.05, 0.1) is 5.69 Å². The van der Waals surface area contributed by atoms with Crippen LogP contribution in [0.25, 0.3) is 11.3 Å². The molecular weight excluding hydrogens is 260 g/mol. The Morgan fingerprint density at radius 3 is 2.19 bits per heavy atom. The zero-order valence-corrected chi connectivity index (χ0v) is 11.5. The molecular formula is C17H16N4. The van der Waals surface area contributed by atoms with Gasteiger partial charge in [0.1, 0.15) is 0 Å². The van der Waals surface area contributed by atoms with Gasteiger partial charge >= 0.3 is 0 Å². The second-order valence-corrected chi connectivity index (χ2v) is 4.78. The second kappa shape index (κ2) is 6.15. The lowest BCUT2D eigenvalue weighted by molar-refractivity contribution is 0.992. The molecule has 3 aromatic rings. The third kappa shape index (κ3) is 3.07. The van der Waals surface area contributed by atoms with E-state index in [0.717, 1.165) is 23.2 Å². The van der Waals surface area contributed by atoms with E-state index in [9.17, 15) is 0 Å². The molecule has 0 amide bonds. The third-order valence-electron chi connectivity index (χ3n) is 3.32. The van der Waals surface area contributed by atoms with Crippen LogP contribution in [-0.2, 0) is 6.42 Å². The van der Waals surface area contributed by atoms with E-state index in [0.29, 0.717) is 5.82 Å². The van der Waals surface area contributed by atoms with Crippen LogP contribution in [0.2, 0.25) is 0 Å². The summed E-state index contributed by atoms with van der Waals surface area (Å²) in [5.41, 5.74) is 6.75. The molecule has 2 aromatic carbocycles. The van der Waals surface area contributed by atoms with Gasteiger partial charge in [-0.3, -0.25) is 0 Å². The smallest absolute Gasteiger partial charge is 0.166 e. The number of nitrogens with two attached hydrogens (primary N) is 1. The zero-order valence-electron chi connectivity index (χ0n) is 11.5. The topological polar surface area (TPSA) is 63.8 Å². The van der Waals surface area contributed by atoms with Crippen molar-refractivity contribution in [3.8, 4) is 11.3 Å². The molecule has 0 unspecified atom stereocenters. The Bertz CT molecular complexity index is 711. The summed E-state index contributed by atoms with van der Waals surface area (Å²) in [6, 6.07) is 22.3. The Kier molecular flexibility index (Phi) is 3.89. The summed E-state index contributed by atoms with van der Waals surface area (Å²) in [6.45, 7) is 0. The molecule has 21 heavy (non-hydrogen) atoms. The van der Waals surface area contributed by atoms with Gasteiger partial charge < -0.3 is 5.43 Å². The van der Waals surface area contributed by atoms with Crippen molar-refractivity contribution >= 4 is 5.82 Å². The lowest BCUT2D eigenvalue weighted by Gasteiger charge is -2.09. The Morgan fingerprint density at radius 2 is 1.52 bits per heavy atom. The molecule has 4 nitrogen and oxygen atoms in total. The quantitative estimate of drug-likeness (QED) is 0.568. The predicted octanol–water partition coefficient (Wildman–Crippen LogP) is 3.02. The summed E-state index contributed by atoms with van der Waals surface area (Å²) in [5, 5.41) is 8.41. The fourth-order valence-electron chi connectivity index (χ4n) is 2.25. The summed E-state index contributed by atoms with van der Waals surface area (Å²) in [4.78, 5) is 0. The van der Waals surface area contributed by atoms with Crippen LogP contribution in [0.4, 0.5) is 5.82 Å². The van der Waals surface area contributed by atoms with Crippen molar-refractivity contribution in [2.24, 2.45) is 5.84 Å². The van der Waals surface area contributed by atoms with Crippen molar-refractivity contribution in [3.05, 3.63) is 77.9 Å². The van der Waals surface area contributed by atoms with Gasteiger partial charge in [-0.25, -0.2) is 5.84 Å². The Morgan fingerprint density at radius 1 is 0.857 bits per heavy atom. The maximum absolute atomic E-state index is 5.54. The van der Waals surface area contributed by atoms with Crippen LogP contribution >= 0.6 is 0 Å². The SMILES string of the molecule is NNc1nnc(-c2ccccc2)cc1Cc1ccccc1. The first-order chi connectivity index (χ1) is 10.4. The molecule has 4 heteroatoms. The highest BCUT2D eigenvalue weighted by atomic mass is 15.3. The summed E-state index contributed by atoms with van der Waals surface area (Å²) in [6.07, 6.45) is 0.760. The van der Waals surface area contributed by atoms with Crippen LogP contribution in [0.3, 0.4) is 0 Å². The first-order valence-electron chi connectivity index (χ1n) is 6.79. The zero-order chi connectivity index (χ0) is 14.5. The number of hydrogen-bond donors (Lipinski definition) is 2. The lowest BCUT2D eigenvalue weighted by atomic mass is 10.0. The van der Waals surface area contributed by atoms with Gasteiger partial charge in [0.25, 0.3) is 0 Å². The lowest BCUT2D eigenvalue weighted by Crippen LogP contribution is -2.12. The number of anilines is 1. The molecule has 1 heterocycles. The molecule has 0 aliphatic heterocycles. The molecule has 0 saturated carbocycles. The normalized spacial score (nSPS) is 10.3. The fraction of sp³-hybridized carbons (Fsp3) is 0.0588. The van der Waals surface area contributed by atoms with Gasteiger partial charge in [-0.1, -0.05) is 60.7 Å². The van der Waals surface area contributed by atoms with Gasteiger partial charge in [-0.05, 0) is 11.6 Å². The number of rotatable bonds is 4. The van der Waals surface area contributed by atoms with E-state index in [1.165, 1.54) is 5.56 Å². The van der Waals surface area contributed by atoms with E-state index in [1.807, 2.05) is 54.6 Å². The molecule has 0 fully saturated rings. The number of benzene rings is 2. The molecule has 3 rings (SSSR count). The summed E-state index contributed by atoms with van der Waals surface area (Å²) < 4.78 is 0. The van der Waals surface area contributed by atoms with Gasteiger partial charge in [0, 0.05) is 17.5 Å². The minimum atomic E-state index is 0.610. The van der Waals surface area contributed by atoms with Gasteiger partial charge in [0.2, 0.25) is 0 Å². The molecule has 3 N–H and O–H groups in total. The van der Waals surface area contributed by atoms with E-state index in [1.54, 1.807) is 0 Å². The van der Waals surface area contributed by atoms with Crippen molar-refractivity contribution in [3.63, 3.8) is 0 Å². The molecule has 0 bridgehead atoms. The van der Waals surface area contributed by atoms with Crippen LogP contribution < -0.4 is 11.3 Å². The maximum atomic E-state index is 5.54. The van der Waals surface area contributed by atoms with Crippen LogP contribution in [0.5, 0.6) is 0 Å². The highest BCUT2D eigenvalue weighted by molar-refractivity contribution is 5.62. The molecule has 0 atom stereocenters. The Balaban J connectivity index is 1.98. The van der Waals surface area contributed by atoms with Crippen LogP contribution in [0.15, 0.2) is 66.7 Å². The summed E-state index contributed by atoms with van der Waals surface area (Å²) >= 11 is 0. The van der Waals surface area contributed by atoms with Crippen LogP contribution in [0.1, 0.15) is 11.1 Å². The average molecular weight is 276 g/mol. The maximum Gasteiger partial charge on any atom is 0.166 e. The number of hydrazine groups is 1. The van der Waals surface area contributed by atoms with Gasteiger partial charge in [0.15, 0.2) is 5.82 Å². The number of nitrogens with one attached hydrogen (secondary N) is 1. The van der Waals surface area contributed by atoms with Crippen molar-refractivity contribution in [1.29, 1.82) is 0 Å². The fourth-order valence-corrected chi connectivity index (χ4v) is 2.25. The molecule has 0 spiro atoms. The monoisotopic (exact) mass is 276 g/mol. The van der Waals surface area contributed by atoms with E-state index < -0.39 is 0 Å². The number of hydrogen-bond acceptors (Lipinski definition) is 4. The summed E-state index contributed by atoms with van der Waals surface area (Å²) in [7, 11) is 0. The average Bonchev–Trinajstić information content (AvgIpc) is 2.56. The Hall–Kier alpha value is -2.72. The molecule has 1 aromatic heterocycles. The van der Waals surface area contributed by atoms with Gasteiger partial charge in [-0.2, -0.15) is 0 Å².